The van der Waals surface area contributed by atoms with Crippen LogP contribution in [-0.4, -0.2) is 67.2 Å². The molecule has 1 fully saturated rings. The van der Waals surface area contributed by atoms with Crippen LogP contribution in [0.4, 0.5) is 0 Å². The minimum absolute atomic E-state index is 0.00709. The third-order valence-corrected chi connectivity index (χ3v) is 22.2. The van der Waals surface area contributed by atoms with E-state index in [1.54, 1.807) is 11.0 Å². The predicted molar refractivity (Wildman–Crippen MR) is 161 cm³/mol. The van der Waals surface area contributed by atoms with E-state index in [0.717, 1.165) is 0 Å². The minimum atomic E-state index is -2.25. The van der Waals surface area contributed by atoms with E-state index in [-0.39, 0.29) is 21.0 Å². The molecule has 1 heterocycles. The maximum Gasteiger partial charge on any atom is 0.254 e. The first kappa shape index (κ1) is 33.3. The molecule has 1 saturated heterocycles. The van der Waals surface area contributed by atoms with Crippen molar-refractivity contribution in [1.29, 1.82) is 0 Å². The minimum Gasteiger partial charge on any atom is -0.408 e. The van der Waals surface area contributed by atoms with Crippen LogP contribution in [0.5, 0.6) is 0 Å². The van der Waals surface area contributed by atoms with Gasteiger partial charge in [0.25, 0.3) is 5.91 Å². The fourth-order valence-electron chi connectivity index (χ4n) is 3.12. The van der Waals surface area contributed by atoms with E-state index >= 15 is 0 Å². The standard InChI is InChI=1S/C28H55NO4Si3/c1-17-20-29-22(19-18-21-31-34(11,12)26(2,3)4)23(32-35(13,14)27(5,6)7)24(25(29)30)33-36(15,16)28(8,9)10/h17,22-24H,1,20-21H2,2-16H3/t22-,23-,24+/m1/s1. The number of hydrogen-bond donors (Lipinski definition) is 0. The van der Waals surface area contributed by atoms with Crippen LogP contribution in [0.1, 0.15) is 62.3 Å². The smallest absolute Gasteiger partial charge is 0.254 e. The second-order valence-electron chi connectivity index (χ2n) is 14.7. The van der Waals surface area contributed by atoms with E-state index in [1.807, 2.05) is 0 Å². The normalized spacial score (nSPS) is 22.5. The van der Waals surface area contributed by atoms with Gasteiger partial charge in [0, 0.05) is 6.54 Å². The molecule has 0 unspecified atom stereocenters. The summed E-state index contributed by atoms with van der Waals surface area (Å²) in [5, 5.41) is 0.0780. The quantitative estimate of drug-likeness (QED) is 0.181. The van der Waals surface area contributed by atoms with Crippen molar-refractivity contribution < 1.29 is 18.1 Å². The Morgan fingerprint density at radius 2 is 1.28 bits per heavy atom. The summed E-state index contributed by atoms with van der Waals surface area (Å²) < 4.78 is 20.0. The van der Waals surface area contributed by atoms with Crippen LogP contribution in [0.2, 0.25) is 54.4 Å². The molecule has 1 rings (SSSR count). The molecule has 0 aromatic heterocycles. The molecule has 0 aliphatic carbocycles. The second-order valence-corrected chi connectivity index (χ2v) is 29.1. The highest BCUT2D eigenvalue weighted by molar-refractivity contribution is 6.75. The molecule has 0 bridgehead atoms. The van der Waals surface area contributed by atoms with Crippen LogP contribution in [0.25, 0.3) is 0 Å². The molecule has 1 amide bonds. The molecule has 36 heavy (non-hydrogen) atoms. The Labute approximate surface area is 226 Å². The van der Waals surface area contributed by atoms with Crippen LogP contribution >= 0.6 is 0 Å². The zero-order chi connectivity index (χ0) is 28.5. The molecule has 208 valence electrons. The van der Waals surface area contributed by atoms with Crippen molar-refractivity contribution in [2.24, 2.45) is 0 Å². The lowest BCUT2D eigenvalue weighted by Gasteiger charge is -2.42. The van der Waals surface area contributed by atoms with Gasteiger partial charge in [0.1, 0.15) is 12.1 Å². The van der Waals surface area contributed by atoms with Crippen molar-refractivity contribution in [3.8, 4) is 11.8 Å². The number of rotatable bonds is 8. The highest BCUT2D eigenvalue weighted by atomic mass is 28.4. The van der Waals surface area contributed by atoms with Gasteiger partial charge in [-0.2, -0.15) is 0 Å². The molecule has 0 radical (unpaired) electrons. The number of likely N-dealkylation sites (tertiary alicyclic amines) is 1. The van der Waals surface area contributed by atoms with Gasteiger partial charge in [-0.25, -0.2) is 0 Å². The summed E-state index contributed by atoms with van der Waals surface area (Å²) in [7, 11) is -6.38. The molecular formula is C28H55NO4Si3. The number of carbonyl (C=O) groups excluding carboxylic acids is 1. The van der Waals surface area contributed by atoms with Gasteiger partial charge < -0.3 is 18.2 Å². The van der Waals surface area contributed by atoms with Gasteiger partial charge in [-0.3, -0.25) is 4.79 Å². The molecule has 0 aromatic rings. The lowest BCUT2D eigenvalue weighted by atomic mass is 10.1. The first-order valence-electron chi connectivity index (χ1n) is 13.3. The maximum absolute atomic E-state index is 13.8. The van der Waals surface area contributed by atoms with Crippen LogP contribution in [0.3, 0.4) is 0 Å². The molecule has 1 aliphatic heterocycles. The van der Waals surface area contributed by atoms with E-state index in [0.29, 0.717) is 13.2 Å². The van der Waals surface area contributed by atoms with Crippen LogP contribution in [-0.2, 0) is 18.1 Å². The Kier molecular flexibility index (Phi) is 10.4. The Morgan fingerprint density at radius 1 is 0.833 bits per heavy atom. The number of nitrogens with zero attached hydrogens (tertiary/aromatic N) is 1. The molecule has 5 nitrogen and oxygen atoms in total. The predicted octanol–water partition coefficient (Wildman–Crippen LogP) is 7.19. The largest absolute Gasteiger partial charge is 0.408 e. The lowest BCUT2D eigenvalue weighted by molar-refractivity contribution is -0.134. The third kappa shape index (κ3) is 7.67. The zero-order valence-corrected chi connectivity index (χ0v) is 29.0. The second kappa shape index (κ2) is 11.2. The summed E-state index contributed by atoms with van der Waals surface area (Å²) in [5.41, 5.74) is 0. The zero-order valence-electron chi connectivity index (χ0n) is 26.0. The van der Waals surface area contributed by atoms with E-state index < -0.39 is 43.2 Å². The van der Waals surface area contributed by atoms with Gasteiger partial charge >= 0.3 is 0 Å². The summed E-state index contributed by atoms with van der Waals surface area (Å²) in [6.07, 6.45) is 0.644. The average Bonchev–Trinajstić information content (AvgIpc) is 2.87. The van der Waals surface area contributed by atoms with Gasteiger partial charge in [0.2, 0.25) is 0 Å². The van der Waals surface area contributed by atoms with E-state index in [9.17, 15) is 4.79 Å². The summed E-state index contributed by atoms with van der Waals surface area (Å²) in [6, 6.07) is -0.401. The van der Waals surface area contributed by atoms with Crippen molar-refractivity contribution in [2.45, 2.75) is 135 Å². The highest BCUT2D eigenvalue weighted by Crippen LogP contribution is 2.43. The first-order chi connectivity index (χ1) is 15.9. The fraction of sp³-hybridized carbons (Fsp3) is 0.821. The number of amides is 1. The van der Waals surface area contributed by atoms with Crippen molar-refractivity contribution in [3.05, 3.63) is 12.7 Å². The Morgan fingerprint density at radius 3 is 1.69 bits per heavy atom. The number of carbonyl (C=O) groups is 1. The fourth-order valence-corrected chi connectivity index (χ4v) is 6.50. The SMILES string of the molecule is C=CCN1C(=O)[C@@H](O[Si](C)(C)C(C)(C)C)[C@H](O[Si](C)(C)C(C)(C)C)[C@H]1C#CCO[Si](C)(C)C(C)(C)C. The molecule has 0 spiro atoms. The highest BCUT2D eigenvalue weighted by Gasteiger charge is 2.55. The molecule has 0 aromatic carbocycles. The van der Waals surface area contributed by atoms with Gasteiger partial charge in [-0.1, -0.05) is 80.2 Å². The van der Waals surface area contributed by atoms with Crippen LogP contribution in [0.15, 0.2) is 12.7 Å². The van der Waals surface area contributed by atoms with Crippen LogP contribution < -0.4 is 0 Å². The molecule has 1 aliphatic rings. The molecule has 3 atom stereocenters. The lowest BCUT2D eigenvalue weighted by Crippen LogP contribution is -2.53. The van der Waals surface area contributed by atoms with E-state index in [2.05, 4.69) is 120 Å². The Balaban J connectivity index is 3.48. The Hall–Kier alpha value is -0.699. The summed E-state index contributed by atoms with van der Waals surface area (Å²) in [5.74, 6) is 6.60. The number of hydrogen-bond acceptors (Lipinski definition) is 4. The van der Waals surface area contributed by atoms with Gasteiger partial charge in [-0.15, -0.1) is 6.58 Å². The van der Waals surface area contributed by atoms with Crippen molar-refractivity contribution in [2.75, 3.05) is 13.2 Å². The third-order valence-electron chi connectivity index (χ3n) is 8.82. The topological polar surface area (TPSA) is 48.0 Å². The van der Waals surface area contributed by atoms with Crippen molar-refractivity contribution in [1.82, 2.24) is 4.90 Å². The monoisotopic (exact) mass is 553 g/mol. The average molecular weight is 554 g/mol. The van der Waals surface area contributed by atoms with Gasteiger partial charge in [0.05, 0.1) is 6.61 Å². The van der Waals surface area contributed by atoms with E-state index in [1.165, 1.54) is 0 Å². The molecule has 0 N–H and O–H groups in total. The summed E-state index contributed by atoms with van der Waals surface area (Å²) in [4.78, 5) is 15.6. The molecule has 0 saturated carbocycles. The summed E-state index contributed by atoms with van der Waals surface area (Å²) in [6.45, 7) is 37.8. The van der Waals surface area contributed by atoms with E-state index in [4.69, 9.17) is 13.3 Å². The maximum atomic E-state index is 13.8. The molecule has 8 heteroatoms. The van der Waals surface area contributed by atoms with Gasteiger partial charge in [0.15, 0.2) is 31.1 Å². The van der Waals surface area contributed by atoms with Crippen molar-refractivity contribution >= 4 is 30.9 Å². The van der Waals surface area contributed by atoms with Gasteiger partial charge in [-0.05, 0) is 54.4 Å². The first-order valence-corrected chi connectivity index (χ1v) is 22.0. The van der Waals surface area contributed by atoms with Crippen LogP contribution in [0, 0.1) is 11.8 Å². The van der Waals surface area contributed by atoms with Crippen molar-refractivity contribution in [3.63, 3.8) is 0 Å². The Bertz CT molecular complexity index is 851. The summed E-state index contributed by atoms with van der Waals surface area (Å²) >= 11 is 0. The molecular weight excluding hydrogens is 499 g/mol.